The highest BCUT2D eigenvalue weighted by atomic mass is 32.2. The van der Waals surface area contributed by atoms with E-state index in [1.165, 1.54) is 32.1 Å². The van der Waals surface area contributed by atoms with Crippen LogP contribution in [0.3, 0.4) is 0 Å². The minimum atomic E-state index is -4.95. The van der Waals surface area contributed by atoms with Gasteiger partial charge in [-0.15, -0.1) is 0 Å². The molecule has 142 valence electrons. The molecule has 7 nitrogen and oxygen atoms in total. The molecule has 0 bridgehead atoms. The van der Waals surface area contributed by atoms with Crippen LogP contribution >= 0.6 is 0 Å². The molecule has 0 saturated carbocycles. The van der Waals surface area contributed by atoms with Gasteiger partial charge < -0.3 is 10.2 Å². The van der Waals surface area contributed by atoms with E-state index in [4.69, 9.17) is 14.8 Å². The first-order valence-electron chi connectivity index (χ1n) is 8.63. The van der Waals surface area contributed by atoms with Crippen molar-refractivity contribution >= 4 is 22.1 Å². The molecule has 0 fully saturated rings. The fraction of sp³-hybridized carbons (Fsp3) is 0.875. The van der Waals surface area contributed by atoms with Crippen LogP contribution in [-0.2, 0) is 19.7 Å². The van der Waals surface area contributed by atoms with Crippen molar-refractivity contribution in [2.45, 2.75) is 82.8 Å². The van der Waals surface area contributed by atoms with E-state index < -0.39 is 33.2 Å². The number of unbranched alkanes of at least 4 members (excludes halogenated alkanes) is 9. The van der Waals surface area contributed by atoms with E-state index in [-0.39, 0.29) is 6.42 Å². The molecule has 2 atom stereocenters. The van der Waals surface area contributed by atoms with Gasteiger partial charge in [-0.05, 0) is 6.42 Å². The lowest BCUT2D eigenvalue weighted by Crippen LogP contribution is -2.41. The van der Waals surface area contributed by atoms with Crippen molar-refractivity contribution in [1.29, 1.82) is 0 Å². The molecular formula is C16H30O7S. The zero-order valence-electron chi connectivity index (χ0n) is 14.3. The average Bonchev–Trinajstić information content (AvgIpc) is 2.45. The monoisotopic (exact) mass is 366 g/mol. The van der Waals surface area contributed by atoms with E-state index in [0.717, 1.165) is 25.7 Å². The average molecular weight is 366 g/mol. The first kappa shape index (κ1) is 22.9. The number of hydrogen-bond acceptors (Lipinski definition) is 4. The second kappa shape index (κ2) is 12.2. The fourth-order valence-electron chi connectivity index (χ4n) is 2.76. The van der Waals surface area contributed by atoms with E-state index in [1.807, 2.05) is 0 Å². The normalized spacial score (nSPS) is 14.2. The maximum absolute atomic E-state index is 11.1. The molecule has 0 rings (SSSR count). The Labute approximate surface area is 144 Å². The molecule has 0 radical (unpaired) electrons. The lowest BCUT2D eigenvalue weighted by molar-refractivity contribution is -0.148. The van der Waals surface area contributed by atoms with Crippen molar-refractivity contribution in [2.75, 3.05) is 0 Å². The van der Waals surface area contributed by atoms with Crippen LogP contribution in [-0.4, -0.2) is 40.4 Å². The van der Waals surface area contributed by atoms with Gasteiger partial charge in [-0.25, -0.2) is 0 Å². The zero-order chi connectivity index (χ0) is 18.6. The molecule has 0 aliphatic heterocycles. The first-order chi connectivity index (χ1) is 11.2. The molecule has 0 heterocycles. The van der Waals surface area contributed by atoms with Crippen LogP contribution in [0.4, 0.5) is 0 Å². The molecule has 8 heteroatoms. The molecule has 0 aromatic heterocycles. The summed E-state index contributed by atoms with van der Waals surface area (Å²) in [5.41, 5.74) is 0. The number of carbonyl (C=O) groups is 2. The highest BCUT2D eigenvalue weighted by Crippen LogP contribution is 2.21. The summed E-state index contributed by atoms with van der Waals surface area (Å²) in [7, 11) is -4.95. The molecule has 3 N–H and O–H groups in total. The van der Waals surface area contributed by atoms with Crippen LogP contribution in [0, 0.1) is 5.92 Å². The number of carboxylic acids is 2. The third kappa shape index (κ3) is 9.87. The molecule has 0 spiro atoms. The fourth-order valence-corrected chi connectivity index (χ4v) is 3.69. The largest absolute Gasteiger partial charge is 0.481 e. The SMILES string of the molecule is CCCCCCCCCCCCC(C(=O)O)C(C(=O)O)S(=O)(=O)O. The Morgan fingerprint density at radius 3 is 1.54 bits per heavy atom. The summed E-state index contributed by atoms with van der Waals surface area (Å²) in [5.74, 6) is -4.99. The van der Waals surface area contributed by atoms with Crippen LogP contribution in [0.2, 0.25) is 0 Å². The van der Waals surface area contributed by atoms with Crippen molar-refractivity contribution in [1.82, 2.24) is 0 Å². The van der Waals surface area contributed by atoms with Gasteiger partial charge in [0.05, 0.1) is 5.92 Å². The van der Waals surface area contributed by atoms with E-state index >= 15 is 0 Å². The summed E-state index contributed by atoms with van der Waals surface area (Å²) in [4.78, 5) is 22.1. The Morgan fingerprint density at radius 2 is 1.21 bits per heavy atom. The van der Waals surface area contributed by atoms with Crippen molar-refractivity contribution in [3.8, 4) is 0 Å². The topological polar surface area (TPSA) is 129 Å². The van der Waals surface area contributed by atoms with Crippen LogP contribution in [0.5, 0.6) is 0 Å². The zero-order valence-corrected chi connectivity index (χ0v) is 15.1. The molecule has 0 amide bonds. The highest BCUT2D eigenvalue weighted by Gasteiger charge is 2.42. The van der Waals surface area contributed by atoms with Gasteiger partial charge in [0, 0.05) is 0 Å². The van der Waals surface area contributed by atoms with Crippen molar-refractivity contribution in [3.05, 3.63) is 0 Å². The summed E-state index contributed by atoms with van der Waals surface area (Å²) >= 11 is 0. The summed E-state index contributed by atoms with van der Waals surface area (Å²) in [6.07, 6.45) is 10.3. The van der Waals surface area contributed by atoms with E-state index in [1.54, 1.807) is 0 Å². The Morgan fingerprint density at radius 1 is 0.792 bits per heavy atom. The number of aliphatic carboxylic acids is 2. The van der Waals surface area contributed by atoms with E-state index in [2.05, 4.69) is 6.92 Å². The summed E-state index contributed by atoms with van der Waals surface area (Å²) < 4.78 is 31.2. The maximum atomic E-state index is 11.1. The minimum Gasteiger partial charge on any atom is -0.481 e. The van der Waals surface area contributed by atoms with Crippen LogP contribution in [0.15, 0.2) is 0 Å². The van der Waals surface area contributed by atoms with Gasteiger partial charge in [-0.3, -0.25) is 14.1 Å². The molecule has 0 aromatic rings. The molecule has 0 aliphatic carbocycles. The molecule has 0 saturated heterocycles. The Bertz CT molecular complexity index is 473. The highest BCUT2D eigenvalue weighted by molar-refractivity contribution is 7.87. The lowest BCUT2D eigenvalue weighted by Gasteiger charge is -2.17. The molecule has 24 heavy (non-hydrogen) atoms. The second-order valence-corrected chi connectivity index (χ2v) is 7.73. The van der Waals surface area contributed by atoms with E-state index in [0.29, 0.717) is 6.42 Å². The summed E-state index contributed by atoms with van der Waals surface area (Å²) in [6.45, 7) is 2.17. The smallest absolute Gasteiger partial charge is 0.325 e. The molecular weight excluding hydrogens is 336 g/mol. The van der Waals surface area contributed by atoms with Gasteiger partial charge >= 0.3 is 11.9 Å². The first-order valence-corrected chi connectivity index (χ1v) is 10.1. The van der Waals surface area contributed by atoms with Gasteiger partial charge in [0.25, 0.3) is 10.1 Å². The Hall–Kier alpha value is -1.15. The van der Waals surface area contributed by atoms with Crippen LogP contribution in [0.1, 0.15) is 77.6 Å². The van der Waals surface area contributed by atoms with Crippen molar-refractivity contribution in [3.63, 3.8) is 0 Å². The number of carboxylic acid groups (broad SMARTS) is 2. The predicted octanol–water partition coefficient (Wildman–Crippen LogP) is 3.34. The second-order valence-electron chi connectivity index (χ2n) is 6.19. The number of hydrogen-bond donors (Lipinski definition) is 3. The lowest BCUT2D eigenvalue weighted by atomic mass is 9.96. The van der Waals surface area contributed by atoms with E-state index in [9.17, 15) is 18.0 Å². The maximum Gasteiger partial charge on any atom is 0.325 e. The quantitative estimate of drug-likeness (QED) is 0.299. The van der Waals surface area contributed by atoms with Gasteiger partial charge in [0.1, 0.15) is 0 Å². The van der Waals surface area contributed by atoms with Gasteiger partial charge in [0.2, 0.25) is 0 Å². The molecule has 0 aromatic carbocycles. The van der Waals surface area contributed by atoms with Crippen molar-refractivity contribution < 1.29 is 32.8 Å². The summed E-state index contributed by atoms with van der Waals surface area (Å²) in [6, 6.07) is 0. The van der Waals surface area contributed by atoms with Gasteiger partial charge in [-0.1, -0.05) is 71.1 Å². The molecule has 0 aliphatic rings. The number of rotatable bonds is 15. The van der Waals surface area contributed by atoms with Crippen LogP contribution < -0.4 is 0 Å². The van der Waals surface area contributed by atoms with Crippen molar-refractivity contribution in [2.24, 2.45) is 5.92 Å². The minimum absolute atomic E-state index is 0.0808. The molecule has 2 unspecified atom stereocenters. The summed E-state index contributed by atoms with van der Waals surface area (Å²) in [5, 5.41) is 15.6. The third-order valence-corrected chi connectivity index (χ3v) is 5.29. The predicted molar refractivity (Wildman–Crippen MR) is 90.6 cm³/mol. The Balaban J connectivity index is 4.11. The van der Waals surface area contributed by atoms with Gasteiger partial charge in [-0.2, -0.15) is 8.42 Å². The van der Waals surface area contributed by atoms with Crippen LogP contribution in [0.25, 0.3) is 0 Å². The third-order valence-electron chi connectivity index (χ3n) is 4.12. The van der Waals surface area contributed by atoms with Gasteiger partial charge in [0.15, 0.2) is 5.25 Å². The standard InChI is InChI=1S/C16H30O7S/c1-2-3-4-5-6-7-8-9-10-11-12-13(15(17)18)14(16(19)20)24(21,22)23/h13-14H,2-12H2,1H3,(H,17,18)(H,19,20)(H,21,22,23). The Kier molecular flexibility index (Phi) is 11.7.